The van der Waals surface area contributed by atoms with E-state index in [4.69, 9.17) is 0 Å². The van der Waals surface area contributed by atoms with Crippen LogP contribution in [-0.4, -0.2) is 35.0 Å². The molecule has 1 aliphatic rings. The van der Waals surface area contributed by atoms with Gasteiger partial charge in [0, 0.05) is 36.7 Å². The lowest BCUT2D eigenvalue weighted by molar-refractivity contribution is -0.125. The van der Waals surface area contributed by atoms with E-state index >= 15 is 0 Å². The molecule has 1 aliphatic heterocycles. The summed E-state index contributed by atoms with van der Waals surface area (Å²) in [7, 11) is 0. The summed E-state index contributed by atoms with van der Waals surface area (Å²) in [4.78, 5) is 23.3. The van der Waals surface area contributed by atoms with Gasteiger partial charge in [0.05, 0.1) is 11.0 Å². The maximum absolute atomic E-state index is 12.9. The summed E-state index contributed by atoms with van der Waals surface area (Å²) in [6, 6.07) is 14.8. The van der Waals surface area contributed by atoms with Gasteiger partial charge in [0.2, 0.25) is 5.91 Å². The highest BCUT2D eigenvalue weighted by Crippen LogP contribution is 2.26. The number of nitrogens with zero attached hydrogens (tertiary/aromatic N) is 2. The number of aromatic amines is 1. The lowest BCUT2D eigenvalue weighted by Crippen LogP contribution is -2.41. The second-order valence-corrected chi connectivity index (χ2v) is 8.43. The molecule has 0 saturated carbocycles. The molecule has 0 radical (unpaired) electrons. The van der Waals surface area contributed by atoms with Crippen LogP contribution >= 0.6 is 0 Å². The average molecular weight is 391 g/mol. The summed E-state index contributed by atoms with van der Waals surface area (Å²) in [5.74, 6) is 0.854. The Morgan fingerprint density at radius 1 is 1.17 bits per heavy atom. The van der Waals surface area contributed by atoms with Crippen molar-refractivity contribution in [2.45, 2.75) is 46.1 Å². The summed E-state index contributed by atoms with van der Waals surface area (Å²) in [5, 5.41) is 3.27. The Bertz CT molecular complexity index is 992. The highest BCUT2D eigenvalue weighted by Gasteiger charge is 2.29. The summed E-state index contributed by atoms with van der Waals surface area (Å²) < 4.78 is 0. The third-order valence-electron chi connectivity index (χ3n) is 6.39. The number of hydrogen-bond donors (Lipinski definition) is 2. The molecule has 0 spiro atoms. The smallest absolute Gasteiger partial charge is 0.223 e. The van der Waals surface area contributed by atoms with Crippen molar-refractivity contribution in [3.05, 3.63) is 59.4 Å². The Morgan fingerprint density at radius 2 is 1.97 bits per heavy atom. The molecule has 1 saturated heterocycles. The summed E-state index contributed by atoms with van der Waals surface area (Å²) >= 11 is 0. The van der Waals surface area contributed by atoms with E-state index in [2.05, 4.69) is 59.2 Å². The number of nitrogens with one attached hydrogen (secondary N) is 2. The van der Waals surface area contributed by atoms with E-state index < -0.39 is 0 Å². The minimum atomic E-state index is -0.147. The van der Waals surface area contributed by atoms with Crippen LogP contribution < -0.4 is 10.2 Å². The van der Waals surface area contributed by atoms with Gasteiger partial charge in [0.25, 0.3) is 0 Å². The first-order chi connectivity index (χ1) is 13.9. The lowest BCUT2D eigenvalue weighted by Gasteiger charge is -2.22. The zero-order valence-corrected chi connectivity index (χ0v) is 17.7. The van der Waals surface area contributed by atoms with Gasteiger partial charge in [-0.1, -0.05) is 32.0 Å². The number of amides is 1. The fraction of sp³-hybridized carbons (Fsp3) is 0.417. The minimum absolute atomic E-state index is 0.0275. The first kappa shape index (κ1) is 19.5. The molecule has 5 heteroatoms. The van der Waals surface area contributed by atoms with Crippen LogP contribution in [0.2, 0.25) is 0 Å². The monoisotopic (exact) mass is 390 g/mol. The molecular formula is C24H30N4O. The number of rotatable bonds is 5. The van der Waals surface area contributed by atoms with E-state index in [-0.39, 0.29) is 23.8 Å². The molecule has 1 amide bonds. The van der Waals surface area contributed by atoms with Gasteiger partial charge in [-0.3, -0.25) is 4.79 Å². The van der Waals surface area contributed by atoms with Crippen molar-refractivity contribution in [3.63, 3.8) is 0 Å². The molecule has 29 heavy (non-hydrogen) atoms. The van der Waals surface area contributed by atoms with E-state index in [1.165, 1.54) is 16.8 Å². The Kier molecular flexibility index (Phi) is 5.31. The maximum atomic E-state index is 12.9. The van der Waals surface area contributed by atoms with Gasteiger partial charge in [0.15, 0.2) is 0 Å². The molecule has 2 aromatic carbocycles. The van der Waals surface area contributed by atoms with Crippen LogP contribution in [0, 0.1) is 19.8 Å². The number of anilines is 1. The van der Waals surface area contributed by atoms with Crippen molar-refractivity contribution >= 4 is 22.6 Å². The van der Waals surface area contributed by atoms with Crippen molar-refractivity contribution in [1.29, 1.82) is 0 Å². The fourth-order valence-corrected chi connectivity index (χ4v) is 4.02. The molecule has 152 valence electrons. The minimum Gasteiger partial charge on any atom is -0.369 e. The Balaban J connectivity index is 1.37. The van der Waals surface area contributed by atoms with Crippen molar-refractivity contribution in [3.8, 4) is 0 Å². The van der Waals surface area contributed by atoms with Gasteiger partial charge >= 0.3 is 0 Å². The molecule has 0 aliphatic carbocycles. The topological polar surface area (TPSA) is 61.0 Å². The Labute approximate surface area is 172 Å². The predicted octanol–water partition coefficient (Wildman–Crippen LogP) is 4.31. The predicted molar refractivity (Wildman–Crippen MR) is 118 cm³/mol. The first-order valence-corrected chi connectivity index (χ1v) is 10.5. The number of carbonyl (C=O) groups excluding carboxylic acids is 1. The van der Waals surface area contributed by atoms with Crippen molar-refractivity contribution < 1.29 is 4.79 Å². The zero-order valence-electron chi connectivity index (χ0n) is 17.7. The van der Waals surface area contributed by atoms with Gasteiger partial charge in [-0.25, -0.2) is 4.98 Å². The van der Waals surface area contributed by atoms with E-state index in [9.17, 15) is 4.79 Å². The highest BCUT2D eigenvalue weighted by molar-refractivity contribution is 5.80. The Hall–Kier alpha value is -2.82. The van der Waals surface area contributed by atoms with Gasteiger partial charge in [-0.15, -0.1) is 0 Å². The molecule has 3 atom stereocenters. The number of carbonyl (C=O) groups is 1. The van der Waals surface area contributed by atoms with Crippen LogP contribution in [-0.2, 0) is 4.79 Å². The number of hydrogen-bond acceptors (Lipinski definition) is 3. The SMILES string of the molecule is Cc1ccc(N2CC[C@@H](NC(=O)[C@@H](C)[C@H](C)c3nc4ccccc4[nH]3)C2)cc1C. The van der Waals surface area contributed by atoms with E-state index in [0.717, 1.165) is 36.4 Å². The number of aryl methyl sites for hydroxylation is 2. The van der Waals surface area contributed by atoms with Gasteiger partial charge < -0.3 is 15.2 Å². The second-order valence-electron chi connectivity index (χ2n) is 8.43. The van der Waals surface area contributed by atoms with Crippen LogP contribution in [0.15, 0.2) is 42.5 Å². The summed E-state index contributed by atoms with van der Waals surface area (Å²) in [5.41, 5.74) is 5.83. The molecule has 1 fully saturated rings. The molecular weight excluding hydrogens is 360 g/mol. The lowest BCUT2D eigenvalue weighted by atomic mass is 9.94. The van der Waals surface area contributed by atoms with Crippen LogP contribution in [0.3, 0.4) is 0 Å². The molecule has 3 aromatic rings. The van der Waals surface area contributed by atoms with Crippen LogP contribution in [0.1, 0.15) is 43.1 Å². The number of benzene rings is 2. The van der Waals surface area contributed by atoms with Crippen molar-refractivity contribution in [2.24, 2.45) is 5.92 Å². The standard InChI is InChI=1S/C24H30N4O/c1-15-9-10-20(13-16(15)2)28-12-11-19(14-28)25-24(29)18(4)17(3)23-26-21-7-5-6-8-22(21)27-23/h5-10,13,17-19H,11-12,14H2,1-4H3,(H,25,29)(H,26,27)/t17-,18-,19+/m0/s1. The number of aromatic nitrogens is 2. The van der Waals surface area contributed by atoms with Crippen LogP contribution in [0.5, 0.6) is 0 Å². The van der Waals surface area contributed by atoms with Gasteiger partial charge in [-0.05, 0) is 55.7 Å². The maximum Gasteiger partial charge on any atom is 0.223 e. The number of imidazole rings is 1. The molecule has 0 bridgehead atoms. The van der Waals surface area contributed by atoms with E-state index in [1.54, 1.807) is 0 Å². The highest BCUT2D eigenvalue weighted by atomic mass is 16.2. The average Bonchev–Trinajstić information content (AvgIpc) is 3.35. The normalized spacial score (nSPS) is 18.8. The van der Waals surface area contributed by atoms with Gasteiger partial charge in [-0.2, -0.15) is 0 Å². The molecule has 2 heterocycles. The number of H-pyrrole nitrogens is 1. The molecule has 1 aromatic heterocycles. The van der Waals surface area contributed by atoms with Crippen LogP contribution in [0.25, 0.3) is 11.0 Å². The number of fused-ring (bicyclic) bond motifs is 1. The quantitative estimate of drug-likeness (QED) is 0.682. The van der Waals surface area contributed by atoms with E-state index in [0.29, 0.717) is 0 Å². The second kappa shape index (κ2) is 7.90. The third-order valence-corrected chi connectivity index (χ3v) is 6.39. The van der Waals surface area contributed by atoms with Crippen molar-refractivity contribution in [1.82, 2.24) is 15.3 Å². The number of para-hydroxylation sites is 2. The Morgan fingerprint density at radius 3 is 2.72 bits per heavy atom. The first-order valence-electron chi connectivity index (χ1n) is 10.5. The molecule has 2 N–H and O–H groups in total. The van der Waals surface area contributed by atoms with Crippen LogP contribution in [0.4, 0.5) is 5.69 Å². The summed E-state index contributed by atoms with van der Waals surface area (Å²) in [6.07, 6.45) is 0.977. The third kappa shape index (κ3) is 4.00. The molecule has 4 rings (SSSR count). The van der Waals surface area contributed by atoms with E-state index in [1.807, 2.05) is 31.2 Å². The fourth-order valence-electron chi connectivity index (χ4n) is 4.02. The largest absolute Gasteiger partial charge is 0.369 e. The summed E-state index contributed by atoms with van der Waals surface area (Å²) in [6.45, 7) is 10.2. The van der Waals surface area contributed by atoms with Gasteiger partial charge in [0.1, 0.15) is 5.82 Å². The molecule has 0 unspecified atom stereocenters. The molecule has 5 nitrogen and oxygen atoms in total. The van der Waals surface area contributed by atoms with Crippen molar-refractivity contribution in [2.75, 3.05) is 18.0 Å². The zero-order chi connectivity index (χ0) is 20.5.